The van der Waals surface area contributed by atoms with Gasteiger partial charge < -0.3 is 35.1 Å². The molecule has 0 unspecified atom stereocenters. The van der Waals surface area contributed by atoms with Crippen LogP contribution in [0.2, 0.25) is 0 Å². The van der Waals surface area contributed by atoms with Gasteiger partial charge in [-0.2, -0.15) is 0 Å². The zero-order chi connectivity index (χ0) is 61.9. The van der Waals surface area contributed by atoms with Crippen LogP contribution in [0.25, 0.3) is 0 Å². The summed E-state index contributed by atoms with van der Waals surface area (Å²) in [5.41, 5.74) is 2.23. The average Bonchev–Trinajstić information content (AvgIpc) is 1.21. The fourth-order valence-electron chi connectivity index (χ4n) is 11.1. The number of carbonyl (C=O) groups excluding carboxylic acids is 5. The molecule has 9 atom stereocenters. The van der Waals surface area contributed by atoms with Crippen molar-refractivity contribution >= 4 is 98.9 Å². The Kier molecular flexibility index (Phi) is 25.3. The molecule has 0 spiro atoms. The average molecular weight is 1250 g/mol. The third-order valence-corrected chi connectivity index (χ3v) is 20.4. The van der Waals surface area contributed by atoms with E-state index < -0.39 is 65.9 Å². The maximum atomic E-state index is 13.0. The number of rotatable bonds is 22. The Morgan fingerprint density at radius 3 is 1.29 bits per heavy atom. The number of carboxylic acids is 4. The molecule has 4 aliphatic heterocycles. The quantitative estimate of drug-likeness (QED) is 0.0432. The lowest BCUT2D eigenvalue weighted by molar-refractivity contribution is -0.164. The molecule has 3 amide bonds. The van der Waals surface area contributed by atoms with Crippen molar-refractivity contribution in [1.82, 2.24) is 20.0 Å². The number of amides is 3. The number of piperidine rings is 2. The van der Waals surface area contributed by atoms with Gasteiger partial charge in [-0.1, -0.05) is 165 Å². The van der Waals surface area contributed by atoms with Gasteiger partial charge in [-0.25, -0.2) is 14.4 Å². The van der Waals surface area contributed by atoms with Gasteiger partial charge in [-0.15, -0.1) is 23.5 Å². The van der Waals surface area contributed by atoms with Crippen LogP contribution in [0.15, 0.2) is 161 Å². The molecule has 456 valence electrons. The zero-order valence-corrected chi connectivity index (χ0v) is 51.5. The van der Waals surface area contributed by atoms with Crippen molar-refractivity contribution in [3.8, 4) is 0 Å². The maximum Gasteiger partial charge on any atom is 0.326 e. The number of fused-ring (bicyclic) bond motifs is 3. The molecule has 5 fully saturated rings. The van der Waals surface area contributed by atoms with Crippen molar-refractivity contribution in [2.24, 2.45) is 17.8 Å². The SMILES string of the molecule is C[C@@H](CSC(=O)c1ccccc1)C(=O)N1C[C@@H](Sc2ccccc2)C[C@H]1C(=O)O.C[C@H](CSC(=O)c1ccccc1)C(=O)N1C[C@@H](Sc2ccccc2)C[C@H]1C(=O)O.C[C@H](N[C@@H](CCc1ccccc1)C(=O)O)C(=O)N1C2CCC(CC2)[C@H]1C(=O)O. The predicted molar refractivity (Wildman–Crippen MR) is 335 cm³/mol. The lowest BCUT2D eigenvalue weighted by Crippen LogP contribution is -2.64. The first-order valence-corrected chi connectivity index (χ1v) is 32.5. The first-order chi connectivity index (χ1) is 41.3. The summed E-state index contributed by atoms with van der Waals surface area (Å²) < 4.78 is 0. The topological polar surface area (TPSA) is 256 Å². The molecular weight excluding hydrogens is 1170 g/mol. The van der Waals surface area contributed by atoms with Crippen LogP contribution in [0.3, 0.4) is 0 Å². The van der Waals surface area contributed by atoms with E-state index in [4.69, 9.17) is 0 Å². The molecular formula is C65H74N4O13S4. The van der Waals surface area contributed by atoms with Gasteiger partial charge in [0, 0.05) is 73.9 Å². The Morgan fingerprint density at radius 1 is 0.512 bits per heavy atom. The molecule has 10 rings (SSSR count). The smallest absolute Gasteiger partial charge is 0.326 e. The fourth-order valence-corrected chi connectivity index (χ4v) is 15.3. The Morgan fingerprint density at radius 2 is 0.907 bits per heavy atom. The lowest BCUT2D eigenvalue weighted by atomic mass is 9.74. The second-order valence-electron chi connectivity index (χ2n) is 21.9. The van der Waals surface area contributed by atoms with E-state index in [1.807, 2.05) is 103 Å². The Hall–Kier alpha value is -6.91. The van der Waals surface area contributed by atoms with Crippen LogP contribution in [0.1, 0.15) is 92.0 Å². The summed E-state index contributed by atoms with van der Waals surface area (Å²) >= 11 is 5.41. The standard InChI is InChI=1S/2C22H23NO4S2.C21H28N2O5/c2*1-15(14-28-22(27)16-8-4-2-5-9-16)20(24)23-13-18(12-19(23)21(25)26)29-17-10-6-3-7-11-17;1-13(22-17(20(25)26)12-7-14-5-3-2-4-6-14)19(24)23-16-10-8-15(9-11-16)18(23)21(27)28/h2*2-11,15,18-19H,12-14H2,1H3,(H,25,26);2-6,13,15-18,22H,7-12H2,1H3,(H,25,26)(H,27,28)/t15-,18+,19+;15-,18-,19-;13-,15?,16?,17-,18-/m100/s1. The molecule has 4 saturated heterocycles. The second kappa shape index (κ2) is 32.7. The van der Waals surface area contributed by atoms with Crippen LogP contribution in [-0.4, -0.2) is 158 Å². The van der Waals surface area contributed by atoms with Gasteiger partial charge in [0.25, 0.3) is 0 Å². The molecule has 21 heteroatoms. The minimum Gasteiger partial charge on any atom is -0.480 e. The van der Waals surface area contributed by atoms with Crippen molar-refractivity contribution in [3.63, 3.8) is 0 Å². The van der Waals surface area contributed by atoms with E-state index in [0.717, 1.165) is 64.6 Å². The number of benzene rings is 5. The number of thioether (sulfide) groups is 4. The number of hydrogen-bond acceptors (Lipinski definition) is 14. The molecule has 1 aliphatic carbocycles. The summed E-state index contributed by atoms with van der Waals surface area (Å²) in [5, 5.41) is 41.2. The van der Waals surface area contributed by atoms with E-state index in [0.29, 0.717) is 61.4 Å². The van der Waals surface area contributed by atoms with Gasteiger partial charge in [0.1, 0.15) is 24.2 Å². The minimum absolute atomic E-state index is 0.00741. The first kappa shape index (κ1) is 66.6. The molecule has 5 aliphatic rings. The molecule has 5 aromatic rings. The molecule has 1 saturated carbocycles. The Labute approximate surface area is 518 Å². The van der Waals surface area contributed by atoms with E-state index in [1.165, 1.54) is 14.7 Å². The highest BCUT2D eigenvalue weighted by Crippen LogP contribution is 2.41. The van der Waals surface area contributed by atoms with Gasteiger partial charge in [0.15, 0.2) is 0 Å². The molecule has 17 nitrogen and oxygen atoms in total. The lowest BCUT2D eigenvalue weighted by Gasteiger charge is -2.50. The normalized spacial score (nSPS) is 21.7. The van der Waals surface area contributed by atoms with Gasteiger partial charge >= 0.3 is 23.9 Å². The highest BCUT2D eigenvalue weighted by Gasteiger charge is 2.49. The summed E-state index contributed by atoms with van der Waals surface area (Å²) in [6.07, 6.45) is 5.09. The number of hydrogen-bond donors (Lipinski definition) is 5. The summed E-state index contributed by atoms with van der Waals surface area (Å²) in [6.45, 7) is 5.93. The maximum absolute atomic E-state index is 13.0. The first-order valence-electron chi connectivity index (χ1n) is 28.8. The van der Waals surface area contributed by atoms with Gasteiger partial charge in [-0.05, 0) is 94.0 Å². The number of nitrogens with zero attached hydrogens (tertiary/aromatic N) is 3. The predicted octanol–water partition coefficient (Wildman–Crippen LogP) is 9.99. The summed E-state index contributed by atoms with van der Waals surface area (Å²) in [6, 6.07) is 42.9. The van der Waals surface area contributed by atoms with Crippen molar-refractivity contribution < 1.29 is 63.6 Å². The minimum atomic E-state index is -1.01. The van der Waals surface area contributed by atoms with Crippen molar-refractivity contribution in [2.45, 2.75) is 129 Å². The van der Waals surface area contributed by atoms with Crippen LogP contribution in [0.5, 0.6) is 0 Å². The van der Waals surface area contributed by atoms with Crippen molar-refractivity contribution in [2.75, 3.05) is 24.6 Å². The highest BCUT2D eigenvalue weighted by atomic mass is 32.2. The molecule has 0 aromatic heterocycles. The Bertz CT molecular complexity index is 2950. The van der Waals surface area contributed by atoms with E-state index in [1.54, 1.807) is 92.8 Å². The molecule has 86 heavy (non-hydrogen) atoms. The largest absolute Gasteiger partial charge is 0.480 e. The van der Waals surface area contributed by atoms with E-state index in [9.17, 15) is 63.6 Å². The number of carboxylic acid groups (broad SMARTS) is 4. The molecule has 0 radical (unpaired) electrons. The summed E-state index contributed by atoms with van der Waals surface area (Å²) in [4.78, 5) is 117. The van der Waals surface area contributed by atoms with Crippen molar-refractivity contribution in [1.29, 1.82) is 0 Å². The van der Waals surface area contributed by atoms with Gasteiger partial charge in [-0.3, -0.25) is 34.1 Å². The molecule has 5 N–H and O–H groups in total. The molecule has 5 aromatic carbocycles. The van der Waals surface area contributed by atoms with E-state index in [-0.39, 0.29) is 50.4 Å². The molecule has 4 heterocycles. The van der Waals surface area contributed by atoms with Crippen molar-refractivity contribution in [3.05, 3.63) is 168 Å². The fraction of sp³-hybridized carbons (Fsp3) is 0.400. The second-order valence-corrected chi connectivity index (χ2v) is 26.6. The van der Waals surface area contributed by atoms with E-state index in [2.05, 4.69) is 5.32 Å². The van der Waals surface area contributed by atoms with Crippen LogP contribution in [0, 0.1) is 17.8 Å². The third-order valence-electron chi connectivity index (χ3n) is 15.6. The van der Waals surface area contributed by atoms with Gasteiger partial charge in [0.05, 0.1) is 6.04 Å². The van der Waals surface area contributed by atoms with Crippen LogP contribution >= 0.6 is 47.0 Å². The van der Waals surface area contributed by atoms with E-state index >= 15 is 0 Å². The number of nitrogens with one attached hydrogen (secondary N) is 1. The number of likely N-dealkylation sites (tertiary alicyclic amines) is 2. The number of aliphatic carboxylic acids is 4. The zero-order valence-electron chi connectivity index (χ0n) is 48.2. The number of aryl methyl sites for hydroxylation is 1. The summed E-state index contributed by atoms with van der Waals surface area (Å²) in [5.74, 6) is -4.88. The monoisotopic (exact) mass is 1250 g/mol. The van der Waals surface area contributed by atoms with Crippen LogP contribution < -0.4 is 5.32 Å². The van der Waals surface area contributed by atoms with Crippen LogP contribution in [0.4, 0.5) is 0 Å². The summed E-state index contributed by atoms with van der Waals surface area (Å²) in [7, 11) is 0. The third kappa shape index (κ3) is 18.8. The molecule has 2 bridgehead atoms. The van der Waals surface area contributed by atoms with Crippen LogP contribution in [-0.2, 0) is 40.0 Å². The highest BCUT2D eigenvalue weighted by molar-refractivity contribution is 8.14. The Balaban J connectivity index is 0.000000185. The van der Waals surface area contributed by atoms with Gasteiger partial charge in [0.2, 0.25) is 28.0 Å². The number of carbonyl (C=O) groups is 9.